The lowest BCUT2D eigenvalue weighted by atomic mass is 10.1. The molecule has 0 radical (unpaired) electrons. The van der Waals surface area contributed by atoms with E-state index in [0.717, 1.165) is 5.56 Å². The lowest BCUT2D eigenvalue weighted by Gasteiger charge is -2.02. The summed E-state index contributed by atoms with van der Waals surface area (Å²) in [7, 11) is 0. The predicted octanol–water partition coefficient (Wildman–Crippen LogP) is 4.38. The van der Waals surface area contributed by atoms with E-state index in [2.05, 4.69) is 10.5 Å². The van der Waals surface area contributed by atoms with Gasteiger partial charge in [-0.25, -0.2) is 10.2 Å². The molecule has 142 valence electrons. The minimum absolute atomic E-state index is 0.00327. The quantitative estimate of drug-likeness (QED) is 0.458. The van der Waals surface area contributed by atoms with Gasteiger partial charge in [0.1, 0.15) is 11.5 Å². The van der Waals surface area contributed by atoms with Crippen LogP contribution in [0.15, 0.2) is 70.2 Å². The van der Waals surface area contributed by atoms with Crippen molar-refractivity contribution in [3.63, 3.8) is 0 Å². The van der Waals surface area contributed by atoms with Crippen molar-refractivity contribution >= 4 is 29.7 Å². The highest BCUT2D eigenvalue weighted by atomic mass is 35.5. The highest BCUT2D eigenvalue weighted by Gasteiger charge is 2.12. The number of carbonyl (C=O) groups is 2. The number of benzene rings is 2. The molecule has 0 saturated carbocycles. The van der Waals surface area contributed by atoms with Crippen LogP contribution >= 0.6 is 11.6 Å². The summed E-state index contributed by atoms with van der Waals surface area (Å²) in [4.78, 5) is 23.0. The van der Waals surface area contributed by atoms with E-state index in [-0.39, 0.29) is 16.5 Å². The minimum Gasteiger partial charge on any atom is -0.478 e. The van der Waals surface area contributed by atoms with E-state index in [0.29, 0.717) is 29.9 Å². The van der Waals surface area contributed by atoms with Crippen molar-refractivity contribution in [3.05, 3.63) is 82.6 Å². The number of carbonyl (C=O) groups excluding carboxylic acids is 1. The molecular formula is C21H17ClN2O4. The number of rotatable bonds is 7. The average molecular weight is 397 g/mol. The van der Waals surface area contributed by atoms with Crippen LogP contribution in [0.3, 0.4) is 0 Å². The Kier molecular flexibility index (Phi) is 6.24. The lowest BCUT2D eigenvalue weighted by Crippen LogP contribution is -2.17. The number of nitrogens with one attached hydrogen (secondary N) is 1. The Hall–Kier alpha value is -3.38. The Morgan fingerprint density at radius 2 is 1.89 bits per heavy atom. The molecule has 0 bridgehead atoms. The Labute approximate surface area is 166 Å². The summed E-state index contributed by atoms with van der Waals surface area (Å²) in [5, 5.41) is 13.2. The van der Waals surface area contributed by atoms with E-state index in [1.165, 1.54) is 18.3 Å². The number of halogens is 1. The summed E-state index contributed by atoms with van der Waals surface area (Å²) >= 11 is 5.87. The van der Waals surface area contributed by atoms with Crippen LogP contribution in [0.4, 0.5) is 0 Å². The molecule has 0 aliphatic heterocycles. The molecule has 1 amide bonds. The van der Waals surface area contributed by atoms with Crippen molar-refractivity contribution in [2.45, 2.75) is 12.8 Å². The van der Waals surface area contributed by atoms with Gasteiger partial charge in [-0.2, -0.15) is 5.10 Å². The molecule has 0 spiro atoms. The topological polar surface area (TPSA) is 91.9 Å². The van der Waals surface area contributed by atoms with Crippen LogP contribution in [-0.4, -0.2) is 23.2 Å². The molecular weight excluding hydrogens is 380 g/mol. The molecule has 0 atom stereocenters. The van der Waals surface area contributed by atoms with Crippen LogP contribution in [0.25, 0.3) is 11.3 Å². The normalized spacial score (nSPS) is 10.9. The Morgan fingerprint density at radius 1 is 1.11 bits per heavy atom. The number of carboxylic acids is 1. The maximum atomic E-state index is 11.8. The first-order valence-electron chi connectivity index (χ1n) is 8.52. The Morgan fingerprint density at radius 3 is 2.64 bits per heavy atom. The molecule has 7 heteroatoms. The third kappa shape index (κ3) is 5.08. The van der Waals surface area contributed by atoms with Crippen molar-refractivity contribution in [1.29, 1.82) is 0 Å². The monoisotopic (exact) mass is 396 g/mol. The van der Waals surface area contributed by atoms with Gasteiger partial charge in [-0.1, -0.05) is 41.9 Å². The summed E-state index contributed by atoms with van der Waals surface area (Å²) in [6.07, 6.45) is 2.35. The number of hydrogen-bond acceptors (Lipinski definition) is 4. The van der Waals surface area contributed by atoms with Gasteiger partial charge in [0.2, 0.25) is 5.91 Å². The summed E-state index contributed by atoms with van der Waals surface area (Å²) in [5.41, 5.74) is 4.12. The molecule has 0 aliphatic carbocycles. The molecule has 0 aliphatic rings. The molecule has 2 N–H and O–H groups in total. The smallest absolute Gasteiger partial charge is 0.337 e. The highest BCUT2D eigenvalue weighted by Crippen LogP contribution is 2.26. The van der Waals surface area contributed by atoms with Gasteiger partial charge in [0, 0.05) is 12.0 Å². The molecule has 0 fully saturated rings. The second-order valence-corrected chi connectivity index (χ2v) is 6.39. The molecule has 3 aromatic rings. The van der Waals surface area contributed by atoms with Gasteiger partial charge < -0.3 is 9.52 Å². The number of nitrogens with zero attached hydrogens (tertiary/aromatic N) is 1. The van der Waals surface area contributed by atoms with E-state index in [9.17, 15) is 9.59 Å². The molecule has 2 aromatic carbocycles. The summed E-state index contributed by atoms with van der Waals surface area (Å²) in [6, 6.07) is 17.7. The van der Waals surface area contributed by atoms with Crippen molar-refractivity contribution < 1.29 is 19.1 Å². The first kappa shape index (κ1) is 19.4. The number of carboxylic acid groups (broad SMARTS) is 1. The minimum atomic E-state index is -1.11. The Balaban J connectivity index is 1.58. The predicted molar refractivity (Wildman–Crippen MR) is 107 cm³/mol. The molecule has 0 saturated heterocycles. The average Bonchev–Trinajstić information content (AvgIpc) is 3.16. The van der Waals surface area contributed by atoms with Crippen LogP contribution in [0.5, 0.6) is 0 Å². The summed E-state index contributed by atoms with van der Waals surface area (Å²) in [6.45, 7) is 0. The number of furan rings is 1. The zero-order valence-electron chi connectivity index (χ0n) is 14.8. The summed E-state index contributed by atoms with van der Waals surface area (Å²) in [5.74, 6) is -0.421. The number of aromatic carboxylic acids is 1. The zero-order chi connectivity index (χ0) is 19.9. The number of amides is 1. The molecule has 0 unspecified atom stereocenters. The molecule has 1 aromatic heterocycles. The molecule has 1 heterocycles. The fourth-order valence-corrected chi connectivity index (χ4v) is 2.74. The fourth-order valence-electron chi connectivity index (χ4n) is 2.55. The van der Waals surface area contributed by atoms with E-state index < -0.39 is 5.97 Å². The van der Waals surface area contributed by atoms with Crippen LogP contribution in [0.2, 0.25) is 5.02 Å². The number of aryl methyl sites for hydroxylation is 1. The largest absolute Gasteiger partial charge is 0.478 e. The lowest BCUT2D eigenvalue weighted by molar-refractivity contribution is -0.121. The van der Waals surface area contributed by atoms with E-state index in [1.807, 2.05) is 30.3 Å². The maximum Gasteiger partial charge on any atom is 0.337 e. The van der Waals surface area contributed by atoms with Gasteiger partial charge in [0.15, 0.2) is 0 Å². The number of hydrazone groups is 1. The maximum absolute atomic E-state index is 11.8. The van der Waals surface area contributed by atoms with Gasteiger partial charge in [0.25, 0.3) is 0 Å². The van der Waals surface area contributed by atoms with E-state index in [1.54, 1.807) is 18.2 Å². The van der Waals surface area contributed by atoms with Crippen molar-refractivity contribution in [2.75, 3.05) is 0 Å². The van der Waals surface area contributed by atoms with E-state index in [4.69, 9.17) is 21.1 Å². The second-order valence-electron chi connectivity index (χ2n) is 5.98. The van der Waals surface area contributed by atoms with Gasteiger partial charge >= 0.3 is 5.97 Å². The SMILES string of the molecule is O=C(CCc1ccccc1)N/N=C\c1ccc(-c2ccc(Cl)c(C(=O)O)c2)o1. The van der Waals surface area contributed by atoms with Crippen molar-refractivity contribution in [2.24, 2.45) is 5.10 Å². The standard InChI is InChI=1S/C21H17ClN2O4/c22-18-9-7-15(12-17(18)21(26)27)19-10-8-16(28-19)13-23-24-20(25)11-6-14-4-2-1-3-5-14/h1-5,7-10,12-13H,6,11H2,(H,24,25)(H,26,27)/b23-13-. The first-order chi connectivity index (χ1) is 13.5. The van der Waals surface area contributed by atoms with Gasteiger partial charge in [-0.15, -0.1) is 0 Å². The molecule has 6 nitrogen and oxygen atoms in total. The molecule has 28 heavy (non-hydrogen) atoms. The van der Waals surface area contributed by atoms with E-state index >= 15 is 0 Å². The highest BCUT2D eigenvalue weighted by molar-refractivity contribution is 6.33. The second kappa shape index (κ2) is 9.01. The van der Waals surface area contributed by atoms with Gasteiger partial charge in [0.05, 0.1) is 16.8 Å². The summed E-state index contributed by atoms with van der Waals surface area (Å²) < 4.78 is 5.62. The van der Waals surface area contributed by atoms with Crippen LogP contribution in [0, 0.1) is 0 Å². The van der Waals surface area contributed by atoms with Gasteiger partial charge in [-0.3, -0.25) is 4.79 Å². The first-order valence-corrected chi connectivity index (χ1v) is 8.89. The zero-order valence-corrected chi connectivity index (χ0v) is 15.5. The Bertz CT molecular complexity index is 1010. The third-order valence-electron chi connectivity index (χ3n) is 3.97. The van der Waals surface area contributed by atoms with Crippen molar-refractivity contribution in [3.8, 4) is 11.3 Å². The van der Waals surface area contributed by atoms with Crippen LogP contribution < -0.4 is 5.43 Å². The van der Waals surface area contributed by atoms with Gasteiger partial charge in [-0.05, 0) is 42.3 Å². The third-order valence-corrected chi connectivity index (χ3v) is 4.30. The van der Waals surface area contributed by atoms with Crippen LogP contribution in [-0.2, 0) is 11.2 Å². The number of hydrogen-bond donors (Lipinski definition) is 2. The molecule has 3 rings (SSSR count). The van der Waals surface area contributed by atoms with Crippen molar-refractivity contribution in [1.82, 2.24) is 5.43 Å². The fraction of sp³-hybridized carbons (Fsp3) is 0.0952. The van der Waals surface area contributed by atoms with Crippen LogP contribution in [0.1, 0.15) is 28.1 Å².